The number of rotatable bonds is 3. The van der Waals surface area contributed by atoms with Gasteiger partial charge in [-0.2, -0.15) is 23.5 Å². The molecule has 1 aliphatic rings. The lowest BCUT2D eigenvalue weighted by atomic mass is 9.82. The summed E-state index contributed by atoms with van der Waals surface area (Å²) >= 11 is 0. The van der Waals surface area contributed by atoms with Crippen molar-refractivity contribution < 1.29 is 22.5 Å². The van der Waals surface area contributed by atoms with Gasteiger partial charge in [-0.05, 0) is 53.4 Å². The van der Waals surface area contributed by atoms with Crippen molar-refractivity contribution in [2.45, 2.75) is 58.0 Å². The zero-order valence-corrected chi connectivity index (χ0v) is 16.9. The Balaban J connectivity index is 2.60. The average molecular weight is 394 g/mol. The lowest BCUT2D eigenvalue weighted by molar-refractivity contribution is -0.164. The summed E-state index contributed by atoms with van der Waals surface area (Å²) in [5, 5.41) is 13.6. The predicted octanol–water partition coefficient (Wildman–Crippen LogP) is 2.56. The number of hydrogen-bond acceptors (Lipinski definition) is 5. The standard InChI is InChI=1S/C13H20BF3N4O2P2/c1-7(13(15,16)17)20-10(21(24)25)8(6-18)9(19-20)14-22-11(2,3)12(4,5)23-14/h7H,24-25H2,1-5H3. The van der Waals surface area contributed by atoms with E-state index in [0.29, 0.717) is 0 Å². The first kappa shape index (κ1) is 20.4. The Kier molecular flexibility index (Phi) is 5.22. The van der Waals surface area contributed by atoms with Crippen molar-refractivity contribution in [3.63, 3.8) is 0 Å². The number of halogens is 3. The van der Waals surface area contributed by atoms with Crippen LogP contribution in [0.5, 0.6) is 0 Å². The van der Waals surface area contributed by atoms with Crippen molar-refractivity contribution in [3.05, 3.63) is 5.56 Å². The molecule has 0 bridgehead atoms. The minimum Gasteiger partial charge on any atom is -0.398 e. The fourth-order valence-corrected chi connectivity index (χ4v) is 2.82. The molecule has 1 aliphatic heterocycles. The Labute approximate surface area is 149 Å². The van der Waals surface area contributed by atoms with Crippen LogP contribution in [-0.4, -0.2) is 34.3 Å². The van der Waals surface area contributed by atoms with Crippen LogP contribution in [0.3, 0.4) is 0 Å². The first-order chi connectivity index (χ1) is 11.2. The van der Waals surface area contributed by atoms with Gasteiger partial charge in [0, 0.05) is 0 Å². The molecule has 138 valence electrons. The molecular formula is C13H20BF3N4O2P2. The van der Waals surface area contributed by atoms with Crippen LogP contribution in [0.25, 0.3) is 0 Å². The highest BCUT2D eigenvalue weighted by molar-refractivity contribution is 7.39. The summed E-state index contributed by atoms with van der Waals surface area (Å²) in [7, 11) is 3.38. The van der Waals surface area contributed by atoms with Gasteiger partial charge in [0.15, 0.2) is 5.82 Å². The SMILES string of the molecule is CC(n1nc(B2OC(C)(C)C(C)(C)O2)c(C#N)c1N(P)P)C(F)(F)F. The molecule has 6 nitrogen and oxygen atoms in total. The summed E-state index contributed by atoms with van der Waals surface area (Å²) in [6, 6.07) is 0.00295. The molecule has 2 heterocycles. The fraction of sp³-hybridized carbons (Fsp3) is 0.692. The smallest absolute Gasteiger partial charge is 0.398 e. The summed E-state index contributed by atoms with van der Waals surface area (Å²) in [4.78, 5) is 0. The molecule has 0 aromatic carbocycles. The second kappa shape index (κ2) is 6.38. The van der Waals surface area contributed by atoms with Gasteiger partial charge >= 0.3 is 13.3 Å². The molecule has 1 aromatic rings. The van der Waals surface area contributed by atoms with Crippen molar-refractivity contribution >= 4 is 37.3 Å². The third kappa shape index (κ3) is 3.53. The van der Waals surface area contributed by atoms with Crippen molar-refractivity contribution in [2.75, 3.05) is 4.44 Å². The number of hydrogen-bond donors (Lipinski definition) is 0. The zero-order chi connectivity index (χ0) is 19.4. The van der Waals surface area contributed by atoms with Crippen LogP contribution >= 0.6 is 18.8 Å². The van der Waals surface area contributed by atoms with Crippen LogP contribution in [0.15, 0.2) is 0 Å². The molecule has 1 fully saturated rings. The maximum Gasteiger partial charge on any atom is 0.517 e. The highest BCUT2D eigenvalue weighted by Gasteiger charge is 2.54. The summed E-state index contributed by atoms with van der Waals surface area (Å²) in [6.45, 7) is 8.23. The Morgan fingerprint density at radius 3 is 2.08 bits per heavy atom. The number of aromatic nitrogens is 2. The zero-order valence-electron chi connectivity index (χ0n) is 14.5. The molecule has 0 N–H and O–H groups in total. The molecule has 0 spiro atoms. The number of nitrogens with zero attached hydrogens (tertiary/aromatic N) is 4. The second-order valence-corrected chi connectivity index (χ2v) is 8.56. The summed E-state index contributed by atoms with van der Waals surface area (Å²) in [5.74, 6) is -0.00737. The fourth-order valence-electron chi connectivity index (χ4n) is 2.33. The van der Waals surface area contributed by atoms with E-state index in [4.69, 9.17) is 9.31 Å². The van der Waals surface area contributed by atoms with Gasteiger partial charge in [0.05, 0.1) is 11.2 Å². The van der Waals surface area contributed by atoms with Crippen molar-refractivity contribution in [2.24, 2.45) is 0 Å². The van der Waals surface area contributed by atoms with Crippen LogP contribution in [0.1, 0.15) is 46.2 Å². The summed E-state index contributed by atoms with van der Waals surface area (Å²) < 4.78 is 53.3. The third-order valence-corrected chi connectivity index (χ3v) is 5.07. The molecule has 3 atom stereocenters. The molecule has 1 saturated heterocycles. The van der Waals surface area contributed by atoms with Crippen LogP contribution in [-0.2, 0) is 9.31 Å². The number of nitriles is 1. The molecule has 0 radical (unpaired) electrons. The van der Waals surface area contributed by atoms with E-state index < -0.39 is 30.5 Å². The number of alkyl halides is 3. The minimum absolute atomic E-state index is 0.00737. The number of anilines is 1. The van der Waals surface area contributed by atoms with Crippen LogP contribution in [0.4, 0.5) is 19.0 Å². The van der Waals surface area contributed by atoms with Gasteiger partial charge in [0.2, 0.25) is 0 Å². The van der Waals surface area contributed by atoms with E-state index in [9.17, 15) is 18.4 Å². The van der Waals surface area contributed by atoms with Gasteiger partial charge in [0.1, 0.15) is 23.3 Å². The maximum absolute atomic E-state index is 13.2. The second-order valence-electron chi connectivity index (χ2n) is 6.85. The molecule has 0 amide bonds. The van der Waals surface area contributed by atoms with E-state index in [1.807, 2.05) is 33.8 Å². The van der Waals surface area contributed by atoms with Gasteiger partial charge in [-0.3, -0.25) is 0 Å². The van der Waals surface area contributed by atoms with E-state index in [0.717, 1.165) is 11.6 Å². The average Bonchev–Trinajstić information content (AvgIpc) is 2.92. The van der Waals surface area contributed by atoms with E-state index in [2.05, 4.69) is 23.9 Å². The highest BCUT2D eigenvalue weighted by atomic mass is 31.1. The Hall–Kier alpha value is -0.865. The minimum atomic E-state index is -4.52. The Bertz CT molecular complexity index is 699. The molecule has 25 heavy (non-hydrogen) atoms. The molecule has 12 heteroatoms. The molecule has 0 saturated carbocycles. The van der Waals surface area contributed by atoms with Gasteiger partial charge in [-0.1, -0.05) is 0 Å². The lowest BCUT2D eigenvalue weighted by Crippen LogP contribution is -2.41. The van der Waals surface area contributed by atoms with E-state index in [-0.39, 0.29) is 17.0 Å². The predicted molar refractivity (Wildman–Crippen MR) is 95.3 cm³/mol. The van der Waals surface area contributed by atoms with E-state index in [1.54, 1.807) is 0 Å². The molecule has 3 unspecified atom stereocenters. The summed E-state index contributed by atoms with van der Waals surface area (Å²) in [6.07, 6.45) is -4.52. The molecular weight excluding hydrogens is 374 g/mol. The normalized spacial score (nSPS) is 20.4. The molecule has 2 rings (SSSR count). The van der Waals surface area contributed by atoms with Crippen LogP contribution in [0.2, 0.25) is 0 Å². The third-order valence-electron chi connectivity index (χ3n) is 4.59. The van der Waals surface area contributed by atoms with Gasteiger partial charge in [0.25, 0.3) is 0 Å². The first-order valence-electron chi connectivity index (χ1n) is 7.47. The van der Waals surface area contributed by atoms with Gasteiger partial charge in [-0.15, -0.1) is 0 Å². The topological polar surface area (TPSA) is 63.3 Å². The largest absolute Gasteiger partial charge is 0.517 e. The quantitative estimate of drug-likeness (QED) is 0.583. The maximum atomic E-state index is 13.2. The van der Waals surface area contributed by atoms with E-state index in [1.165, 1.54) is 4.44 Å². The van der Waals surface area contributed by atoms with Crippen molar-refractivity contribution in [1.82, 2.24) is 9.78 Å². The van der Waals surface area contributed by atoms with Crippen molar-refractivity contribution in [1.29, 1.82) is 5.26 Å². The summed E-state index contributed by atoms with van der Waals surface area (Å²) in [5.41, 5.74) is -1.40. The van der Waals surface area contributed by atoms with Gasteiger partial charge in [-0.25, -0.2) is 4.68 Å². The highest BCUT2D eigenvalue weighted by Crippen LogP contribution is 2.39. The van der Waals surface area contributed by atoms with E-state index >= 15 is 0 Å². The molecule has 0 aliphatic carbocycles. The van der Waals surface area contributed by atoms with Crippen LogP contribution < -0.4 is 10.0 Å². The Morgan fingerprint density at radius 1 is 1.24 bits per heavy atom. The Morgan fingerprint density at radius 2 is 1.72 bits per heavy atom. The monoisotopic (exact) mass is 394 g/mol. The van der Waals surface area contributed by atoms with Crippen LogP contribution in [0, 0.1) is 11.3 Å². The lowest BCUT2D eigenvalue weighted by Gasteiger charge is -2.32. The first-order valence-corrected chi connectivity index (χ1v) is 8.50. The van der Waals surface area contributed by atoms with Crippen molar-refractivity contribution in [3.8, 4) is 6.07 Å². The van der Waals surface area contributed by atoms with Gasteiger partial charge < -0.3 is 13.7 Å². The molecule has 1 aromatic heterocycles.